The lowest BCUT2D eigenvalue weighted by Gasteiger charge is -2.26. The Labute approximate surface area is 134 Å². The first-order valence-corrected chi connectivity index (χ1v) is 7.85. The first-order chi connectivity index (χ1) is 11.3. The SMILES string of the molecule is CCOC(=O)c1cnn2cc(OCCN3CCOCC3)ccc12. The van der Waals surface area contributed by atoms with E-state index >= 15 is 0 Å². The molecule has 3 rings (SSSR count). The van der Waals surface area contributed by atoms with Gasteiger partial charge in [0.2, 0.25) is 0 Å². The summed E-state index contributed by atoms with van der Waals surface area (Å²) in [6.07, 6.45) is 3.29. The largest absolute Gasteiger partial charge is 0.491 e. The molecule has 1 aliphatic rings. The van der Waals surface area contributed by atoms with Gasteiger partial charge in [-0.25, -0.2) is 9.31 Å². The van der Waals surface area contributed by atoms with E-state index in [1.54, 1.807) is 17.6 Å². The van der Waals surface area contributed by atoms with Gasteiger partial charge in [-0.05, 0) is 19.1 Å². The molecule has 7 heteroatoms. The van der Waals surface area contributed by atoms with Crippen LogP contribution in [0.2, 0.25) is 0 Å². The van der Waals surface area contributed by atoms with Crippen molar-refractivity contribution < 1.29 is 19.0 Å². The number of carbonyl (C=O) groups is 1. The summed E-state index contributed by atoms with van der Waals surface area (Å²) in [4.78, 5) is 14.1. The molecule has 2 aromatic heterocycles. The molecule has 0 N–H and O–H groups in total. The summed E-state index contributed by atoms with van der Waals surface area (Å²) < 4.78 is 17.7. The van der Waals surface area contributed by atoms with E-state index in [0.717, 1.165) is 38.6 Å². The smallest absolute Gasteiger partial charge is 0.341 e. The van der Waals surface area contributed by atoms with E-state index in [4.69, 9.17) is 14.2 Å². The van der Waals surface area contributed by atoms with Crippen LogP contribution >= 0.6 is 0 Å². The zero-order valence-electron chi connectivity index (χ0n) is 13.2. The third kappa shape index (κ3) is 3.80. The second-order valence-corrected chi connectivity index (χ2v) is 5.28. The number of esters is 1. The minimum Gasteiger partial charge on any atom is -0.491 e. The molecule has 0 unspecified atom stereocenters. The van der Waals surface area contributed by atoms with E-state index in [9.17, 15) is 4.79 Å². The van der Waals surface area contributed by atoms with Crippen LogP contribution in [0.4, 0.5) is 0 Å². The standard InChI is InChI=1S/C16H21N3O4/c1-2-22-16(20)14-11-17-19-12-13(3-4-15(14)19)23-10-7-18-5-8-21-9-6-18/h3-4,11-12H,2,5-10H2,1H3. The minimum atomic E-state index is -0.358. The van der Waals surface area contributed by atoms with E-state index in [2.05, 4.69) is 10.00 Å². The van der Waals surface area contributed by atoms with Gasteiger partial charge in [0, 0.05) is 19.6 Å². The lowest BCUT2D eigenvalue weighted by Crippen LogP contribution is -2.38. The molecule has 0 amide bonds. The molecule has 7 nitrogen and oxygen atoms in total. The molecule has 1 aliphatic heterocycles. The van der Waals surface area contributed by atoms with Gasteiger partial charge in [0.25, 0.3) is 0 Å². The summed E-state index contributed by atoms with van der Waals surface area (Å²) in [5.41, 5.74) is 1.18. The van der Waals surface area contributed by atoms with Crippen LogP contribution in [0.5, 0.6) is 5.75 Å². The van der Waals surface area contributed by atoms with Crippen LogP contribution in [0.1, 0.15) is 17.3 Å². The Hall–Kier alpha value is -2.12. The number of morpholine rings is 1. The van der Waals surface area contributed by atoms with Crippen LogP contribution in [0.3, 0.4) is 0 Å². The molecule has 0 aromatic carbocycles. The lowest BCUT2D eigenvalue weighted by molar-refractivity contribution is 0.0322. The van der Waals surface area contributed by atoms with Gasteiger partial charge < -0.3 is 14.2 Å². The summed E-state index contributed by atoms with van der Waals surface area (Å²) in [6, 6.07) is 3.67. The summed E-state index contributed by atoms with van der Waals surface area (Å²) in [6.45, 7) is 7.08. The third-order valence-electron chi connectivity index (χ3n) is 3.76. The van der Waals surface area contributed by atoms with Gasteiger partial charge in [0.1, 0.15) is 17.9 Å². The lowest BCUT2D eigenvalue weighted by atomic mass is 10.2. The fourth-order valence-corrected chi connectivity index (χ4v) is 2.53. The number of carbonyl (C=O) groups excluding carboxylic acids is 1. The molecule has 0 saturated carbocycles. The van der Waals surface area contributed by atoms with Crippen molar-refractivity contribution in [3.8, 4) is 5.75 Å². The second kappa shape index (κ2) is 7.43. The highest BCUT2D eigenvalue weighted by atomic mass is 16.5. The molecule has 23 heavy (non-hydrogen) atoms. The van der Waals surface area contributed by atoms with Crippen LogP contribution in [0, 0.1) is 0 Å². The number of aromatic nitrogens is 2. The van der Waals surface area contributed by atoms with Crippen LogP contribution in [-0.4, -0.2) is 66.5 Å². The van der Waals surface area contributed by atoms with Crippen LogP contribution in [0.15, 0.2) is 24.5 Å². The fourth-order valence-electron chi connectivity index (χ4n) is 2.53. The van der Waals surface area contributed by atoms with E-state index in [-0.39, 0.29) is 5.97 Å². The van der Waals surface area contributed by atoms with Crippen molar-refractivity contribution in [2.75, 3.05) is 46.1 Å². The Morgan fingerprint density at radius 1 is 1.35 bits per heavy atom. The molecule has 0 atom stereocenters. The quantitative estimate of drug-likeness (QED) is 0.746. The van der Waals surface area contributed by atoms with Gasteiger partial charge in [0.05, 0.1) is 37.7 Å². The summed E-state index contributed by atoms with van der Waals surface area (Å²) in [5.74, 6) is 0.368. The van der Waals surface area contributed by atoms with Crippen LogP contribution < -0.4 is 4.74 Å². The molecule has 124 valence electrons. The maximum atomic E-state index is 11.8. The van der Waals surface area contributed by atoms with Crippen molar-refractivity contribution in [3.05, 3.63) is 30.1 Å². The maximum Gasteiger partial charge on any atom is 0.341 e. The first kappa shape index (κ1) is 15.8. The fraction of sp³-hybridized carbons (Fsp3) is 0.500. The average molecular weight is 319 g/mol. The maximum absolute atomic E-state index is 11.8. The van der Waals surface area contributed by atoms with Crippen molar-refractivity contribution in [1.29, 1.82) is 0 Å². The molecule has 2 aromatic rings. The second-order valence-electron chi connectivity index (χ2n) is 5.28. The van der Waals surface area contributed by atoms with Crippen molar-refractivity contribution in [2.24, 2.45) is 0 Å². The highest BCUT2D eigenvalue weighted by molar-refractivity contribution is 5.96. The Kier molecular flexibility index (Phi) is 5.09. The van der Waals surface area contributed by atoms with Gasteiger partial charge in [-0.15, -0.1) is 0 Å². The zero-order valence-corrected chi connectivity index (χ0v) is 13.2. The first-order valence-electron chi connectivity index (χ1n) is 7.85. The summed E-state index contributed by atoms with van der Waals surface area (Å²) >= 11 is 0. The molecular formula is C16H21N3O4. The molecule has 0 spiro atoms. The van der Waals surface area contributed by atoms with Gasteiger partial charge in [0.15, 0.2) is 0 Å². The average Bonchev–Trinajstić information content (AvgIpc) is 2.99. The Morgan fingerprint density at radius 3 is 2.96 bits per heavy atom. The van der Waals surface area contributed by atoms with E-state index in [1.165, 1.54) is 6.20 Å². The van der Waals surface area contributed by atoms with Gasteiger partial charge in [-0.2, -0.15) is 5.10 Å². The molecule has 1 fully saturated rings. The van der Waals surface area contributed by atoms with Crippen molar-refractivity contribution in [2.45, 2.75) is 6.92 Å². The summed E-state index contributed by atoms with van der Waals surface area (Å²) in [7, 11) is 0. The predicted octanol–water partition coefficient (Wildman–Crippen LogP) is 1.22. The third-order valence-corrected chi connectivity index (χ3v) is 3.76. The van der Waals surface area contributed by atoms with Crippen molar-refractivity contribution >= 4 is 11.5 Å². The normalized spacial score (nSPS) is 15.7. The molecule has 3 heterocycles. The number of rotatable bonds is 6. The highest BCUT2D eigenvalue weighted by Gasteiger charge is 2.14. The van der Waals surface area contributed by atoms with Crippen molar-refractivity contribution in [1.82, 2.24) is 14.5 Å². The topological polar surface area (TPSA) is 65.3 Å². The number of pyridine rings is 1. The number of hydrogen-bond donors (Lipinski definition) is 0. The number of hydrogen-bond acceptors (Lipinski definition) is 6. The van der Waals surface area contributed by atoms with E-state index < -0.39 is 0 Å². The molecule has 0 bridgehead atoms. The van der Waals surface area contributed by atoms with Crippen molar-refractivity contribution in [3.63, 3.8) is 0 Å². The molecular weight excluding hydrogens is 298 g/mol. The van der Waals surface area contributed by atoms with E-state index in [1.807, 2.05) is 12.1 Å². The van der Waals surface area contributed by atoms with Crippen LogP contribution in [0.25, 0.3) is 5.52 Å². The zero-order chi connectivity index (χ0) is 16.1. The predicted molar refractivity (Wildman–Crippen MR) is 83.9 cm³/mol. The Bertz CT molecular complexity index is 664. The monoisotopic (exact) mass is 319 g/mol. The molecule has 1 saturated heterocycles. The van der Waals surface area contributed by atoms with E-state index in [0.29, 0.717) is 24.3 Å². The molecule has 0 radical (unpaired) electrons. The number of nitrogens with zero attached hydrogens (tertiary/aromatic N) is 3. The summed E-state index contributed by atoms with van der Waals surface area (Å²) in [5, 5.41) is 4.19. The van der Waals surface area contributed by atoms with Crippen LogP contribution in [-0.2, 0) is 9.47 Å². The Morgan fingerprint density at radius 2 is 2.17 bits per heavy atom. The number of fused-ring (bicyclic) bond motifs is 1. The minimum absolute atomic E-state index is 0.346. The van der Waals surface area contributed by atoms with Gasteiger partial charge in [-0.1, -0.05) is 0 Å². The molecule has 0 aliphatic carbocycles. The van der Waals surface area contributed by atoms with Gasteiger partial charge >= 0.3 is 5.97 Å². The Balaban J connectivity index is 1.60. The van der Waals surface area contributed by atoms with Gasteiger partial charge in [-0.3, -0.25) is 4.90 Å². The highest BCUT2D eigenvalue weighted by Crippen LogP contribution is 2.17. The number of ether oxygens (including phenoxy) is 3.